The van der Waals surface area contributed by atoms with E-state index in [-0.39, 0.29) is 0 Å². The second kappa shape index (κ2) is 4.70. The molecule has 0 aliphatic carbocycles. The molecule has 1 saturated heterocycles. The number of hydrogen-bond donors (Lipinski definition) is 1. The standard InChI is InChI=1S/C12H17N5S/c1-13-12-14-10(9-3-8-18-11(9)15-12)17-6-4-16(2)5-7-17/h3,8H,4-7H2,1-2H3,(H,13,14,15). The molecule has 1 fully saturated rings. The Hall–Kier alpha value is -1.40. The van der Waals surface area contributed by atoms with Crippen molar-refractivity contribution in [3.8, 4) is 0 Å². The zero-order valence-corrected chi connectivity index (χ0v) is 11.5. The molecule has 0 aromatic carbocycles. The summed E-state index contributed by atoms with van der Waals surface area (Å²) in [6.07, 6.45) is 0. The van der Waals surface area contributed by atoms with Crippen molar-refractivity contribution in [2.75, 3.05) is 50.5 Å². The second-order valence-electron chi connectivity index (χ2n) is 4.55. The molecule has 2 aromatic rings. The summed E-state index contributed by atoms with van der Waals surface area (Å²) in [4.78, 5) is 14.9. The third-order valence-electron chi connectivity index (χ3n) is 3.33. The second-order valence-corrected chi connectivity index (χ2v) is 5.45. The summed E-state index contributed by atoms with van der Waals surface area (Å²) >= 11 is 1.67. The summed E-state index contributed by atoms with van der Waals surface area (Å²) in [5.74, 6) is 1.78. The van der Waals surface area contributed by atoms with E-state index in [1.807, 2.05) is 7.05 Å². The van der Waals surface area contributed by atoms with Crippen LogP contribution in [0.1, 0.15) is 0 Å². The fraction of sp³-hybridized carbons (Fsp3) is 0.500. The molecule has 0 saturated carbocycles. The van der Waals surface area contributed by atoms with Crippen molar-refractivity contribution in [3.63, 3.8) is 0 Å². The molecule has 0 unspecified atom stereocenters. The van der Waals surface area contributed by atoms with Gasteiger partial charge in [-0.1, -0.05) is 0 Å². The predicted octanol–water partition coefficient (Wildman–Crippen LogP) is 1.48. The van der Waals surface area contributed by atoms with Crippen molar-refractivity contribution < 1.29 is 0 Å². The van der Waals surface area contributed by atoms with Crippen LogP contribution in [0.2, 0.25) is 0 Å². The van der Waals surface area contributed by atoms with Crippen LogP contribution >= 0.6 is 11.3 Å². The first-order valence-electron chi connectivity index (χ1n) is 6.14. The number of anilines is 2. The van der Waals surface area contributed by atoms with Crippen molar-refractivity contribution in [2.24, 2.45) is 0 Å². The van der Waals surface area contributed by atoms with Crippen molar-refractivity contribution in [3.05, 3.63) is 11.4 Å². The maximum Gasteiger partial charge on any atom is 0.225 e. The topological polar surface area (TPSA) is 44.3 Å². The lowest BCUT2D eigenvalue weighted by Crippen LogP contribution is -2.44. The van der Waals surface area contributed by atoms with Gasteiger partial charge in [0.2, 0.25) is 5.95 Å². The first-order chi connectivity index (χ1) is 8.78. The number of likely N-dealkylation sites (N-methyl/N-ethyl adjacent to an activating group) is 1. The molecule has 1 aliphatic rings. The van der Waals surface area contributed by atoms with Crippen LogP contribution in [0.15, 0.2) is 11.4 Å². The number of piperazine rings is 1. The number of nitrogens with one attached hydrogen (secondary N) is 1. The highest BCUT2D eigenvalue weighted by molar-refractivity contribution is 7.16. The number of rotatable bonds is 2. The van der Waals surface area contributed by atoms with E-state index < -0.39 is 0 Å². The van der Waals surface area contributed by atoms with E-state index in [1.165, 1.54) is 5.39 Å². The van der Waals surface area contributed by atoms with Gasteiger partial charge in [0.05, 0.1) is 5.39 Å². The minimum Gasteiger partial charge on any atom is -0.357 e. The average Bonchev–Trinajstić information content (AvgIpc) is 2.86. The van der Waals surface area contributed by atoms with Gasteiger partial charge in [-0.15, -0.1) is 11.3 Å². The Morgan fingerprint density at radius 3 is 2.72 bits per heavy atom. The molecule has 6 heteroatoms. The van der Waals surface area contributed by atoms with E-state index in [2.05, 4.69) is 43.6 Å². The molecule has 0 atom stereocenters. The van der Waals surface area contributed by atoms with E-state index in [9.17, 15) is 0 Å². The summed E-state index contributed by atoms with van der Waals surface area (Å²) in [6.45, 7) is 4.23. The fourth-order valence-electron chi connectivity index (χ4n) is 2.21. The lowest BCUT2D eigenvalue weighted by Gasteiger charge is -2.33. The fourth-order valence-corrected chi connectivity index (χ4v) is 2.97. The van der Waals surface area contributed by atoms with Crippen LogP contribution in [0, 0.1) is 0 Å². The minimum atomic E-state index is 0.707. The van der Waals surface area contributed by atoms with Gasteiger partial charge in [0.1, 0.15) is 10.6 Å². The molecule has 3 rings (SSSR count). The average molecular weight is 263 g/mol. The van der Waals surface area contributed by atoms with E-state index in [0.29, 0.717) is 5.95 Å². The van der Waals surface area contributed by atoms with E-state index in [1.54, 1.807) is 11.3 Å². The van der Waals surface area contributed by atoms with Crippen molar-refractivity contribution in [1.29, 1.82) is 0 Å². The smallest absolute Gasteiger partial charge is 0.225 e. The van der Waals surface area contributed by atoms with E-state index in [0.717, 1.165) is 36.8 Å². The highest BCUT2D eigenvalue weighted by atomic mass is 32.1. The maximum absolute atomic E-state index is 4.63. The quantitative estimate of drug-likeness (QED) is 0.889. The first-order valence-corrected chi connectivity index (χ1v) is 7.02. The molecule has 0 spiro atoms. The molecule has 1 N–H and O–H groups in total. The highest BCUT2D eigenvalue weighted by Gasteiger charge is 2.19. The van der Waals surface area contributed by atoms with Crippen LogP contribution in [0.4, 0.5) is 11.8 Å². The van der Waals surface area contributed by atoms with Crippen LogP contribution in [0.5, 0.6) is 0 Å². The van der Waals surface area contributed by atoms with E-state index >= 15 is 0 Å². The molecule has 96 valence electrons. The van der Waals surface area contributed by atoms with Crippen molar-refractivity contribution in [1.82, 2.24) is 14.9 Å². The third kappa shape index (κ3) is 2.02. The van der Waals surface area contributed by atoms with Gasteiger partial charge in [0.15, 0.2) is 0 Å². The molecular weight excluding hydrogens is 246 g/mol. The van der Waals surface area contributed by atoms with Gasteiger partial charge in [-0.2, -0.15) is 4.98 Å². The Labute approximate surface area is 110 Å². The zero-order chi connectivity index (χ0) is 12.5. The molecule has 1 aliphatic heterocycles. The molecule has 0 radical (unpaired) electrons. The van der Waals surface area contributed by atoms with Gasteiger partial charge in [-0.3, -0.25) is 0 Å². The Morgan fingerprint density at radius 2 is 2.00 bits per heavy atom. The van der Waals surface area contributed by atoms with Crippen LogP contribution in [-0.4, -0.2) is 55.1 Å². The number of thiophene rings is 1. The monoisotopic (exact) mass is 263 g/mol. The van der Waals surface area contributed by atoms with Gasteiger partial charge in [0.25, 0.3) is 0 Å². The lowest BCUT2D eigenvalue weighted by atomic mass is 10.3. The summed E-state index contributed by atoms with van der Waals surface area (Å²) < 4.78 is 0. The largest absolute Gasteiger partial charge is 0.357 e. The summed E-state index contributed by atoms with van der Waals surface area (Å²) in [5.41, 5.74) is 0. The molecule has 3 heterocycles. The minimum absolute atomic E-state index is 0.707. The van der Waals surface area contributed by atoms with Gasteiger partial charge in [-0.25, -0.2) is 4.98 Å². The molecule has 18 heavy (non-hydrogen) atoms. The highest BCUT2D eigenvalue weighted by Crippen LogP contribution is 2.29. The lowest BCUT2D eigenvalue weighted by molar-refractivity contribution is 0.312. The van der Waals surface area contributed by atoms with Gasteiger partial charge in [0, 0.05) is 33.2 Å². The molecule has 5 nitrogen and oxygen atoms in total. The van der Waals surface area contributed by atoms with Crippen LogP contribution in [-0.2, 0) is 0 Å². The maximum atomic E-state index is 4.63. The van der Waals surface area contributed by atoms with Crippen molar-refractivity contribution in [2.45, 2.75) is 0 Å². The number of fused-ring (bicyclic) bond motifs is 1. The Morgan fingerprint density at radius 1 is 1.22 bits per heavy atom. The Kier molecular flexibility index (Phi) is 3.05. The number of aromatic nitrogens is 2. The molecule has 0 bridgehead atoms. The normalized spacial score (nSPS) is 17.3. The number of nitrogens with zero attached hydrogens (tertiary/aromatic N) is 4. The predicted molar refractivity (Wildman–Crippen MR) is 76.7 cm³/mol. The third-order valence-corrected chi connectivity index (χ3v) is 4.14. The van der Waals surface area contributed by atoms with Crippen LogP contribution < -0.4 is 10.2 Å². The molecule has 2 aromatic heterocycles. The van der Waals surface area contributed by atoms with Crippen molar-refractivity contribution >= 4 is 33.3 Å². The molecule has 0 amide bonds. The Bertz CT molecular complexity index is 544. The Balaban J connectivity index is 2.01. The van der Waals surface area contributed by atoms with Gasteiger partial charge in [-0.05, 0) is 18.5 Å². The summed E-state index contributed by atoms with van der Waals surface area (Å²) in [6, 6.07) is 2.12. The first kappa shape index (κ1) is 11.7. The molecular formula is C12H17N5S. The summed E-state index contributed by atoms with van der Waals surface area (Å²) in [7, 11) is 4.03. The van der Waals surface area contributed by atoms with Gasteiger partial charge < -0.3 is 15.1 Å². The van der Waals surface area contributed by atoms with Crippen LogP contribution in [0.3, 0.4) is 0 Å². The summed E-state index contributed by atoms with van der Waals surface area (Å²) in [5, 5.41) is 6.30. The van der Waals surface area contributed by atoms with Crippen LogP contribution in [0.25, 0.3) is 10.2 Å². The zero-order valence-electron chi connectivity index (χ0n) is 10.7. The van der Waals surface area contributed by atoms with Gasteiger partial charge >= 0.3 is 0 Å². The SMILES string of the molecule is CNc1nc(N2CCN(C)CC2)c2ccsc2n1. The number of hydrogen-bond acceptors (Lipinski definition) is 6. The van der Waals surface area contributed by atoms with E-state index in [4.69, 9.17) is 0 Å².